The molecule has 0 aromatic carbocycles. The normalized spacial score (nSPS) is 29.3. The summed E-state index contributed by atoms with van der Waals surface area (Å²) in [4.78, 5) is 24.7. The highest BCUT2D eigenvalue weighted by atomic mass is 16.4. The van der Waals surface area contributed by atoms with Gasteiger partial charge in [0.25, 0.3) is 0 Å². The molecular weight excluding hydrogens is 290 g/mol. The molecule has 2 saturated carbocycles. The average Bonchev–Trinajstić information content (AvgIpc) is 3.08. The van der Waals surface area contributed by atoms with Crippen LogP contribution >= 0.6 is 0 Å². The summed E-state index contributed by atoms with van der Waals surface area (Å²) in [6.45, 7) is 7.93. The van der Waals surface area contributed by atoms with E-state index in [1.54, 1.807) is 0 Å². The van der Waals surface area contributed by atoms with Crippen LogP contribution in [-0.4, -0.2) is 22.5 Å². The summed E-state index contributed by atoms with van der Waals surface area (Å²) in [7, 11) is 0. The van der Waals surface area contributed by atoms with Crippen LogP contribution < -0.4 is 5.32 Å². The highest BCUT2D eigenvalue weighted by Crippen LogP contribution is 2.57. The first-order valence-corrected chi connectivity index (χ1v) is 8.51. The zero-order valence-corrected chi connectivity index (χ0v) is 14.5. The van der Waals surface area contributed by atoms with Gasteiger partial charge in [-0.15, -0.1) is 6.42 Å². The van der Waals surface area contributed by atoms with E-state index in [1.165, 1.54) is 5.57 Å². The van der Waals surface area contributed by atoms with Crippen molar-refractivity contribution in [3.63, 3.8) is 0 Å². The van der Waals surface area contributed by atoms with Crippen LogP contribution in [0, 0.1) is 36.0 Å². The highest BCUT2D eigenvalue weighted by molar-refractivity contribution is 5.88. The summed E-state index contributed by atoms with van der Waals surface area (Å²) < 4.78 is 0. The van der Waals surface area contributed by atoms with Crippen molar-refractivity contribution in [2.75, 3.05) is 0 Å². The van der Waals surface area contributed by atoms with E-state index in [4.69, 9.17) is 6.42 Å². The van der Waals surface area contributed by atoms with Gasteiger partial charge in [0.15, 0.2) is 0 Å². The minimum atomic E-state index is -0.865. The SMILES string of the molecule is C#CC(CC)(CC)NC(=O)[C@@H]1[C@@H](C(=O)O)[C@@H]2CC[C@@H]1C2=C(C)C. The maximum atomic E-state index is 12.9. The molecule has 0 aliphatic heterocycles. The molecule has 0 spiro atoms. The third kappa shape index (κ3) is 2.78. The number of carboxylic acid groups (broad SMARTS) is 1. The lowest BCUT2D eigenvalue weighted by Gasteiger charge is -2.32. The van der Waals surface area contributed by atoms with Crippen molar-refractivity contribution in [2.24, 2.45) is 23.7 Å². The average molecular weight is 317 g/mol. The second-order valence-corrected chi connectivity index (χ2v) is 7.06. The molecule has 2 fully saturated rings. The van der Waals surface area contributed by atoms with Crippen molar-refractivity contribution in [3.8, 4) is 12.3 Å². The number of rotatable bonds is 5. The molecule has 23 heavy (non-hydrogen) atoms. The van der Waals surface area contributed by atoms with Gasteiger partial charge in [-0.3, -0.25) is 9.59 Å². The van der Waals surface area contributed by atoms with Gasteiger partial charge in [0, 0.05) is 0 Å². The van der Waals surface area contributed by atoms with Crippen LogP contribution in [0.2, 0.25) is 0 Å². The molecule has 0 heterocycles. The van der Waals surface area contributed by atoms with E-state index in [0.717, 1.165) is 18.4 Å². The van der Waals surface area contributed by atoms with E-state index in [9.17, 15) is 14.7 Å². The lowest BCUT2D eigenvalue weighted by molar-refractivity contribution is -0.149. The third-order valence-electron chi connectivity index (χ3n) is 5.85. The molecule has 2 aliphatic carbocycles. The van der Waals surface area contributed by atoms with Crippen LogP contribution in [0.3, 0.4) is 0 Å². The van der Waals surface area contributed by atoms with Crippen LogP contribution in [0.1, 0.15) is 53.4 Å². The number of fused-ring (bicyclic) bond motifs is 2. The van der Waals surface area contributed by atoms with E-state index in [2.05, 4.69) is 11.2 Å². The van der Waals surface area contributed by atoms with Crippen molar-refractivity contribution < 1.29 is 14.7 Å². The smallest absolute Gasteiger partial charge is 0.307 e. The van der Waals surface area contributed by atoms with Crippen molar-refractivity contribution in [1.82, 2.24) is 5.32 Å². The quantitative estimate of drug-likeness (QED) is 0.605. The minimum absolute atomic E-state index is 0.00161. The summed E-state index contributed by atoms with van der Waals surface area (Å²) >= 11 is 0. The molecule has 0 aromatic rings. The monoisotopic (exact) mass is 317 g/mol. The lowest BCUT2D eigenvalue weighted by Crippen LogP contribution is -2.51. The highest BCUT2D eigenvalue weighted by Gasteiger charge is 2.57. The second kappa shape index (κ2) is 6.39. The Balaban J connectivity index is 2.34. The van der Waals surface area contributed by atoms with Crippen LogP contribution in [0.15, 0.2) is 11.1 Å². The largest absolute Gasteiger partial charge is 0.481 e. The lowest BCUT2D eigenvalue weighted by atomic mass is 9.78. The number of allylic oxidation sites excluding steroid dienone is 2. The Labute approximate surface area is 138 Å². The molecule has 0 aromatic heterocycles. The molecule has 4 nitrogen and oxygen atoms in total. The van der Waals surface area contributed by atoms with Crippen molar-refractivity contribution in [3.05, 3.63) is 11.1 Å². The number of hydrogen-bond donors (Lipinski definition) is 2. The number of carbonyl (C=O) groups excluding carboxylic acids is 1. The Bertz CT molecular complexity index is 576. The predicted molar refractivity (Wildman–Crippen MR) is 89.5 cm³/mol. The van der Waals surface area contributed by atoms with Gasteiger partial charge in [-0.1, -0.05) is 30.9 Å². The number of amides is 1. The van der Waals surface area contributed by atoms with Gasteiger partial charge < -0.3 is 10.4 Å². The Hall–Kier alpha value is -1.76. The van der Waals surface area contributed by atoms with Gasteiger partial charge in [0.1, 0.15) is 5.54 Å². The van der Waals surface area contributed by atoms with Crippen LogP contribution in [0.4, 0.5) is 0 Å². The van der Waals surface area contributed by atoms with E-state index < -0.39 is 23.3 Å². The molecule has 0 radical (unpaired) electrons. The summed E-state index contributed by atoms with van der Waals surface area (Å²) in [6, 6.07) is 0. The molecule has 2 N–H and O–H groups in total. The third-order valence-corrected chi connectivity index (χ3v) is 5.85. The maximum Gasteiger partial charge on any atom is 0.307 e. The van der Waals surface area contributed by atoms with Gasteiger partial charge in [-0.2, -0.15) is 0 Å². The zero-order valence-electron chi connectivity index (χ0n) is 14.5. The van der Waals surface area contributed by atoms with Gasteiger partial charge in [-0.25, -0.2) is 0 Å². The molecule has 2 bridgehead atoms. The van der Waals surface area contributed by atoms with Crippen LogP contribution in [0.5, 0.6) is 0 Å². The fourth-order valence-corrected chi connectivity index (χ4v) is 4.59. The van der Waals surface area contributed by atoms with Gasteiger partial charge in [0.05, 0.1) is 11.8 Å². The number of terminal acetylenes is 1. The Morgan fingerprint density at radius 3 is 2.13 bits per heavy atom. The summed E-state index contributed by atoms with van der Waals surface area (Å²) in [5.41, 5.74) is 1.68. The van der Waals surface area contributed by atoms with E-state index in [0.29, 0.717) is 12.8 Å². The molecule has 0 saturated heterocycles. The Morgan fingerprint density at radius 1 is 1.22 bits per heavy atom. The number of carboxylic acids is 1. The number of carbonyl (C=O) groups is 2. The topological polar surface area (TPSA) is 66.4 Å². The standard InChI is InChI=1S/C19H27NO3/c1-6-19(7-2,8-3)20-17(21)15-12-9-10-13(14(12)11(4)5)16(15)18(22)23/h1,12-13,15-16H,7-10H2,2-5H3,(H,20,21)(H,22,23)/t12-,13-,15+,16+/m1/s1. The van der Waals surface area contributed by atoms with Crippen molar-refractivity contribution in [2.45, 2.75) is 58.9 Å². The predicted octanol–water partition coefficient (Wildman–Crippen LogP) is 2.99. The fraction of sp³-hybridized carbons (Fsp3) is 0.684. The van der Waals surface area contributed by atoms with Crippen molar-refractivity contribution in [1.29, 1.82) is 0 Å². The summed E-state index contributed by atoms with van der Waals surface area (Å²) in [6.07, 6.45) is 8.67. The molecule has 126 valence electrons. The first-order chi connectivity index (χ1) is 10.8. The molecule has 4 atom stereocenters. The summed E-state index contributed by atoms with van der Waals surface area (Å²) in [5.74, 6) is 0.577. The Morgan fingerprint density at radius 2 is 1.74 bits per heavy atom. The number of aliphatic carboxylic acids is 1. The van der Waals surface area contributed by atoms with E-state index in [-0.39, 0.29) is 17.7 Å². The minimum Gasteiger partial charge on any atom is -0.481 e. The second-order valence-electron chi connectivity index (χ2n) is 7.06. The zero-order chi connectivity index (χ0) is 17.4. The van der Waals surface area contributed by atoms with Crippen molar-refractivity contribution >= 4 is 11.9 Å². The number of hydrogen-bond acceptors (Lipinski definition) is 2. The van der Waals surface area contributed by atoms with E-state index >= 15 is 0 Å². The maximum absolute atomic E-state index is 12.9. The van der Waals surface area contributed by atoms with Gasteiger partial charge in [-0.05, 0) is 51.4 Å². The molecule has 2 aliphatic rings. The van der Waals surface area contributed by atoms with Crippen LogP contribution in [0.25, 0.3) is 0 Å². The molecule has 1 amide bonds. The van der Waals surface area contributed by atoms with Crippen LogP contribution in [-0.2, 0) is 9.59 Å². The van der Waals surface area contributed by atoms with E-state index in [1.807, 2.05) is 27.7 Å². The first-order valence-electron chi connectivity index (χ1n) is 8.51. The first kappa shape index (κ1) is 17.6. The Kier molecular flexibility index (Phi) is 4.89. The fourth-order valence-electron chi connectivity index (χ4n) is 4.59. The summed E-state index contributed by atoms with van der Waals surface area (Å²) in [5, 5.41) is 12.7. The molecule has 4 heteroatoms. The molecular formula is C19H27NO3. The number of nitrogens with one attached hydrogen (secondary N) is 1. The molecule has 2 rings (SSSR count). The molecule has 0 unspecified atom stereocenters. The van der Waals surface area contributed by atoms with Gasteiger partial charge >= 0.3 is 5.97 Å². The van der Waals surface area contributed by atoms with Gasteiger partial charge in [0.2, 0.25) is 5.91 Å².